The number of amides is 1. The van der Waals surface area contributed by atoms with E-state index in [1.165, 1.54) is 4.57 Å². The summed E-state index contributed by atoms with van der Waals surface area (Å²) in [6.07, 6.45) is 1.96. The van der Waals surface area contributed by atoms with Crippen LogP contribution in [0.5, 0.6) is 0 Å². The van der Waals surface area contributed by atoms with Crippen molar-refractivity contribution in [3.8, 4) is 0 Å². The second-order valence-corrected chi connectivity index (χ2v) is 5.17. The van der Waals surface area contributed by atoms with Gasteiger partial charge in [0.25, 0.3) is 5.91 Å². The molecule has 7 heteroatoms. The lowest BCUT2D eigenvalue weighted by Gasteiger charge is -2.14. The number of rotatable bonds is 4. The summed E-state index contributed by atoms with van der Waals surface area (Å²) in [4.78, 5) is 37.0. The maximum Gasteiger partial charge on any atom is 0.420 e. The molecule has 3 rings (SSSR count). The predicted molar refractivity (Wildman–Crippen MR) is 77.2 cm³/mol. The third kappa shape index (κ3) is 2.88. The summed E-state index contributed by atoms with van der Waals surface area (Å²) in [5.41, 5.74) is 0.934. The quantitative estimate of drug-likeness (QED) is 0.779. The van der Waals surface area contributed by atoms with Gasteiger partial charge in [0.2, 0.25) is 0 Å². The molecule has 2 aromatic rings. The SMILES string of the molecule is O=C(Cn1c(=O)oc2ccccc21)OCC(=O)N1CCCC1. The number of nitrogens with zero attached hydrogens (tertiary/aromatic N) is 2. The number of aromatic nitrogens is 1. The van der Waals surface area contributed by atoms with Crippen molar-refractivity contribution in [1.29, 1.82) is 0 Å². The van der Waals surface area contributed by atoms with Crippen LogP contribution in [0.15, 0.2) is 33.5 Å². The predicted octanol–water partition coefficient (Wildman–Crippen LogP) is 0.760. The lowest BCUT2D eigenvalue weighted by molar-refractivity contribution is -0.152. The number of carbonyl (C=O) groups is 2. The van der Waals surface area contributed by atoms with Crippen LogP contribution in [0.3, 0.4) is 0 Å². The van der Waals surface area contributed by atoms with E-state index in [0.717, 1.165) is 12.8 Å². The minimum atomic E-state index is -0.638. The summed E-state index contributed by atoms with van der Waals surface area (Å²) in [6.45, 7) is 0.858. The zero-order chi connectivity index (χ0) is 15.5. The first-order valence-corrected chi connectivity index (χ1v) is 7.17. The number of carbonyl (C=O) groups excluding carboxylic acids is 2. The number of benzene rings is 1. The van der Waals surface area contributed by atoms with E-state index in [9.17, 15) is 14.4 Å². The smallest absolute Gasteiger partial charge is 0.420 e. The molecule has 0 radical (unpaired) electrons. The Kier molecular flexibility index (Phi) is 3.95. The monoisotopic (exact) mass is 304 g/mol. The fourth-order valence-electron chi connectivity index (χ4n) is 2.54. The van der Waals surface area contributed by atoms with Gasteiger partial charge in [-0.2, -0.15) is 0 Å². The van der Waals surface area contributed by atoms with Gasteiger partial charge in [-0.05, 0) is 25.0 Å². The lowest BCUT2D eigenvalue weighted by atomic mass is 10.3. The minimum Gasteiger partial charge on any atom is -0.454 e. The molecule has 1 saturated heterocycles. The molecule has 0 N–H and O–H groups in total. The molecule has 1 aromatic carbocycles. The first kappa shape index (κ1) is 14.4. The van der Waals surface area contributed by atoms with Crippen LogP contribution in [0.25, 0.3) is 11.1 Å². The molecule has 0 unspecified atom stereocenters. The summed E-state index contributed by atoms with van der Waals surface area (Å²) < 4.78 is 11.2. The normalized spacial score (nSPS) is 14.5. The molecule has 7 nitrogen and oxygen atoms in total. The number of hydrogen-bond acceptors (Lipinski definition) is 5. The van der Waals surface area contributed by atoms with Gasteiger partial charge in [-0.3, -0.25) is 14.2 Å². The van der Waals surface area contributed by atoms with Crippen molar-refractivity contribution in [3.05, 3.63) is 34.8 Å². The first-order chi connectivity index (χ1) is 10.6. The summed E-state index contributed by atoms with van der Waals surface area (Å²) in [5, 5.41) is 0. The number of hydrogen-bond donors (Lipinski definition) is 0. The molecular weight excluding hydrogens is 288 g/mol. The van der Waals surface area contributed by atoms with Gasteiger partial charge in [-0.15, -0.1) is 0 Å². The van der Waals surface area contributed by atoms with Crippen LogP contribution in [0, 0.1) is 0 Å². The molecule has 0 atom stereocenters. The third-order valence-corrected chi connectivity index (χ3v) is 3.68. The first-order valence-electron chi connectivity index (χ1n) is 7.17. The standard InChI is InChI=1S/C15H16N2O5/c18-13(16-7-3-4-8-16)10-21-14(19)9-17-11-5-1-2-6-12(11)22-15(17)20/h1-2,5-6H,3-4,7-10H2. The topological polar surface area (TPSA) is 81.7 Å². The minimum absolute atomic E-state index is 0.199. The van der Waals surface area contributed by atoms with Crippen molar-refractivity contribution >= 4 is 23.0 Å². The Labute approximate surface area is 126 Å². The van der Waals surface area contributed by atoms with E-state index >= 15 is 0 Å². The van der Waals surface area contributed by atoms with E-state index < -0.39 is 11.7 Å². The molecule has 1 aromatic heterocycles. The summed E-state index contributed by atoms with van der Waals surface area (Å²) in [6, 6.07) is 6.82. The van der Waals surface area contributed by atoms with Crippen LogP contribution in [0.1, 0.15) is 12.8 Å². The second kappa shape index (κ2) is 6.05. The Bertz CT molecular complexity index is 755. The Morgan fingerprint density at radius 1 is 1.18 bits per heavy atom. The summed E-state index contributed by atoms with van der Waals surface area (Å²) >= 11 is 0. The second-order valence-electron chi connectivity index (χ2n) is 5.17. The number of likely N-dealkylation sites (tertiary alicyclic amines) is 1. The molecule has 1 aliphatic heterocycles. The molecule has 0 aliphatic carbocycles. The van der Waals surface area contributed by atoms with E-state index in [4.69, 9.17) is 9.15 Å². The van der Waals surface area contributed by atoms with Gasteiger partial charge < -0.3 is 14.1 Å². The van der Waals surface area contributed by atoms with Crippen LogP contribution in [-0.2, 0) is 20.9 Å². The zero-order valence-electron chi connectivity index (χ0n) is 12.0. The number of esters is 1. The molecule has 22 heavy (non-hydrogen) atoms. The highest BCUT2D eigenvalue weighted by atomic mass is 16.5. The molecule has 1 amide bonds. The zero-order valence-corrected chi connectivity index (χ0v) is 12.0. The van der Waals surface area contributed by atoms with E-state index in [1.54, 1.807) is 29.2 Å². The van der Waals surface area contributed by atoms with E-state index in [2.05, 4.69) is 0 Å². The van der Waals surface area contributed by atoms with Gasteiger partial charge in [0.05, 0.1) is 5.52 Å². The highest BCUT2D eigenvalue weighted by Gasteiger charge is 2.20. The van der Waals surface area contributed by atoms with Gasteiger partial charge in [-0.1, -0.05) is 12.1 Å². The van der Waals surface area contributed by atoms with Gasteiger partial charge in [-0.25, -0.2) is 4.79 Å². The van der Waals surface area contributed by atoms with Crippen molar-refractivity contribution in [2.75, 3.05) is 19.7 Å². The number of fused-ring (bicyclic) bond motifs is 1. The Morgan fingerprint density at radius 3 is 2.68 bits per heavy atom. The van der Waals surface area contributed by atoms with Crippen molar-refractivity contribution in [1.82, 2.24) is 9.47 Å². The third-order valence-electron chi connectivity index (χ3n) is 3.68. The van der Waals surface area contributed by atoms with Crippen molar-refractivity contribution < 1.29 is 18.7 Å². The van der Waals surface area contributed by atoms with Gasteiger partial charge in [0.15, 0.2) is 12.2 Å². The van der Waals surface area contributed by atoms with Crippen molar-refractivity contribution in [2.24, 2.45) is 0 Å². The Hall–Kier alpha value is -2.57. The van der Waals surface area contributed by atoms with E-state index in [1.807, 2.05) is 0 Å². The largest absolute Gasteiger partial charge is 0.454 e. The molecule has 0 spiro atoms. The molecule has 116 valence electrons. The lowest BCUT2D eigenvalue weighted by Crippen LogP contribution is -2.33. The fraction of sp³-hybridized carbons (Fsp3) is 0.400. The highest BCUT2D eigenvalue weighted by molar-refractivity contribution is 5.81. The average molecular weight is 304 g/mol. The molecule has 1 fully saturated rings. The van der Waals surface area contributed by atoms with Crippen LogP contribution < -0.4 is 5.76 Å². The molecule has 1 aliphatic rings. The van der Waals surface area contributed by atoms with Crippen molar-refractivity contribution in [2.45, 2.75) is 19.4 Å². The van der Waals surface area contributed by atoms with Crippen LogP contribution in [0.2, 0.25) is 0 Å². The molecule has 0 bridgehead atoms. The van der Waals surface area contributed by atoms with Crippen LogP contribution >= 0.6 is 0 Å². The highest BCUT2D eigenvalue weighted by Crippen LogP contribution is 2.12. The van der Waals surface area contributed by atoms with Gasteiger partial charge in [0, 0.05) is 13.1 Å². The molecular formula is C15H16N2O5. The molecule has 2 heterocycles. The van der Waals surface area contributed by atoms with Gasteiger partial charge >= 0.3 is 11.7 Å². The van der Waals surface area contributed by atoms with E-state index in [-0.39, 0.29) is 19.1 Å². The number of oxazole rings is 1. The van der Waals surface area contributed by atoms with Crippen LogP contribution in [-0.4, -0.2) is 41.0 Å². The number of ether oxygens (including phenoxy) is 1. The van der Waals surface area contributed by atoms with Crippen molar-refractivity contribution in [3.63, 3.8) is 0 Å². The summed E-state index contributed by atoms with van der Waals surface area (Å²) in [7, 11) is 0. The average Bonchev–Trinajstić information content (AvgIpc) is 3.14. The summed E-state index contributed by atoms with van der Waals surface area (Å²) in [5.74, 6) is -1.46. The van der Waals surface area contributed by atoms with E-state index in [0.29, 0.717) is 24.2 Å². The fourth-order valence-corrected chi connectivity index (χ4v) is 2.54. The van der Waals surface area contributed by atoms with Crippen LogP contribution in [0.4, 0.5) is 0 Å². The Morgan fingerprint density at radius 2 is 1.91 bits per heavy atom. The number of para-hydroxylation sites is 2. The maximum atomic E-state index is 11.8. The molecule has 0 saturated carbocycles. The Balaban J connectivity index is 1.62. The van der Waals surface area contributed by atoms with Gasteiger partial charge in [0.1, 0.15) is 6.54 Å². The maximum absolute atomic E-state index is 11.8.